The fourth-order valence-corrected chi connectivity index (χ4v) is 2.50. The molecule has 7 heteroatoms. The maximum Gasteiger partial charge on any atom is 0.237 e. The second kappa shape index (κ2) is 7.70. The molecular weight excluding hydrogens is 268 g/mol. The van der Waals surface area contributed by atoms with E-state index in [1.807, 2.05) is 24.1 Å². The molecule has 1 aromatic heterocycles. The first-order valence-electron chi connectivity index (χ1n) is 5.67. The van der Waals surface area contributed by atoms with Crippen LogP contribution in [0.3, 0.4) is 0 Å². The van der Waals surface area contributed by atoms with Gasteiger partial charge in [0.1, 0.15) is 0 Å². The highest BCUT2D eigenvalue weighted by molar-refractivity contribution is 7.98. The van der Waals surface area contributed by atoms with Crippen LogP contribution in [0.2, 0.25) is 0 Å². The van der Waals surface area contributed by atoms with Crippen LogP contribution in [0.15, 0.2) is 11.4 Å². The van der Waals surface area contributed by atoms with Gasteiger partial charge in [-0.05, 0) is 24.7 Å². The Morgan fingerprint density at radius 1 is 1.61 bits per heavy atom. The van der Waals surface area contributed by atoms with Crippen molar-refractivity contribution in [1.29, 1.82) is 0 Å². The lowest BCUT2D eigenvalue weighted by Crippen LogP contribution is -2.40. The molecule has 0 radical (unpaired) electrons. The largest absolute Gasteiger partial charge is 0.349 e. The molecule has 1 heterocycles. The number of hydrogen-bond acceptors (Lipinski definition) is 5. The normalized spacial score (nSPS) is 12.4. The maximum absolute atomic E-state index is 11.7. The lowest BCUT2D eigenvalue weighted by atomic mass is 10.2. The Bertz CT molecular complexity index is 394. The summed E-state index contributed by atoms with van der Waals surface area (Å²) in [6, 6.07) is -0.425. The van der Waals surface area contributed by atoms with Crippen LogP contribution in [-0.4, -0.2) is 39.8 Å². The molecule has 0 aromatic carbocycles. The minimum Gasteiger partial charge on any atom is -0.349 e. The highest BCUT2D eigenvalue weighted by atomic mass is 32.2. The topological polar surface area (TPSA) is 72.9 Å². The molecule has 1 rings (SSSR count). The van der Waals surface area contributed by atoms with Crippen molar-refractivity contribution < 1.29 is 4.79 Å². The Balaban J connectivity index is 2.44. The van der Waals surface area contributed by atoms with E-state index < -0.39 is 6.04 Å². The molecule has 0 aliphatic heterocycles. The van der Waals surface area contributed by atoms with Gasteiger partial charge in [-0.25, -0.2) is 4.98 Å². The van der Waals surface area contributed by atoms with E-state index in [4.69, 9.17) is 5.73 Å². The van der Waals surface area contributed by atoms with Gasteiger partial charge in [0.25, 0.3) is 0 Å². The predicted molar refractivity (Wildman–Crippen MR) is 77.8 cm³/mol. The summed E-state index contributed by atoms with van der Waals surface area (Å²) in [6.07, 6.45) is 6.46. The molecule has 1 amide bonds. The van der Waals surface area contributed by atoms with Gasteiger partial charge in [0.15, 0.2) is 5.16 Å². The SMILES string of the molecule is CSCC[C@H](N)C(=O)NCc1cnc(SC)n1C. The number of nitrogens with two attached hydrogens (primary N) is 1. The molecule has 0 aliphatic carbocycles. The van der Waals surface area contributed by atoms with Crippen molar-refractivity contribution in [3.05, 3.63) is 11.9 Å². The number of thioether (sulfide) groups is 2. The summed E-state index contributed by atoms with van der Waals surface area (Å²) in [5.74, 6) is 0.799. The highest BCUT2D eigenvalue weighted by Crippen LogP contribution is 2.13. The minimum absolute atomic E-state index is 0.101. The summed E-state index contributed by atoms with van der Waals surface area (Å²) >= 11 is 3.27. The van der Waals surface area contributed by atoms with Crippen LogP contribution in [-0.2, 0) is 18.4 Å². The van der Waals surface area contributed by atoms with E-state index in [-0.39, 0.29) is 5.91 Å². The smallest absolute Gasteiger partial charge is 0.237 e. The molecule has 0 saturated heterocycles. The van der Waals surface area contributed by atoms with E-state index in [1.165, 1.54) is 0 Å². The van der Waals surface area contributed by atoms with Gasteiger partial charge in [0.2, 0.25) is 5.91 Å². The number of nitrogens with zero attached hydrogens (tertiary/aromatic N) is 2. The third-order valence-corrected chi connectivity index (χ3v) is 4.03. The fourth-order valence-electron chi connectivity index (χ4n) is 1.46. The molecule has 1 aromatic rings. The average molecular weight is 288 g/mol. The number of amides is 1. The van der Waals surface area contributed by atoms with Gasteiger partial charge >= 0.3 is 0 Å². The van der Waals surface area contributed by atoms with Crippen molar-refractivity contribution in [1.82, 2.24) is 14.9 Å². The first-order valence-corrected chi connectivity index (χ1v) is 8.28. The van der Waals surface area contributed by atoms with Gasteiger partial charge in [-0.15, -0.1) is 0 Å². The quantitative estimate of drug-likeness (QED) is 0.727. The van der Waals surface area contributed by atoms with Crippen molar-refractivity contribution in [3.8, 4) is 0 Å². The van der Waals surface area contributed by atoms with Crippen LogP contribution in [0.5, 0.6) is 0 Å². The Labute approximate surface area is 116 Å². The van der Waals surface area contributed by atoms with E-state index in [1.54, 1.807) is 29.7 Å². The maximum atomic E-state index is 11.7. The molecule has 18 heavy (non-hydrogen) atoms. The Hall–Kier alpha value is -0.660. The number of carbonyl (C=O) groups excluding carboxylic acids is 1. The molecule has 102 valence electrons. The van der Waals surface area contributed by atoms with Crippen LogP contribution < -0.4 is 11.1 Å². The van der Waals surface area contributed by atoms with Gasteiger partial charge in [-0.1, -0.05) is 11.8 Å². The van der Waals surface area contributed by atoms with Gasteiger partial charge in [0, 0.05) is 7.05 Å². The van der Waals surface area contributed by atoms with Crippen LogP contribution in [0.4, 0.5) is 0 Å². The summed E-state index contributed by atoms with van der Waals surface area (Å²) < 4.78 is 1.97. The van der Waals surface area contributed by atoms with Crippen molar-refractivity contribution in [3.63, 3.8) is 0 Å². The van der Waals surface area contributed by atoms with Crippen molar-refractivity contribution in [2.24, 2.45) is 12.8 Å². The Morgan fingerprint density at radius 3 is 2.89 bits per heavy atom. The summed E-state index contributed by atoms with van der Waals surface area (Å²) in [5, 5.41) is 3.78. The zero-order valence-corrected chi connectivity index (χ0v) is 12.6. The Kier molecular flexibility index (Phi) is 6.59. The lowest BCUT2D eigenvalue weighted by Gasteiger charge is -2.12. The summed E-state index contributed by atoms with van der Waals surface area (Å²) in [7, 11) is 1.94. The zero-order chi connectivity index (χ0) is 13.5. The van der Waals surface area contributed by atoms with Crippen LogP contribution >= 0.6 is 23.5 Å². The van der Waals surface area contributed by atoms with Gasteiger partial charge in [0.05, 0.1) is 24.5 Å². The number of nitrogens with one attached hydrogen (secondary N) is 1. The molecule has 0 bridgehead atoms. The number of imidazole rings is 1. The first kappa shape index (κ1) is 15.4. The molecule has 1 atom stereocenters. The number of aromatic nitrogens is 2. The summed E-state index contributed by atoms with van der Waals surface area (Å²) in [5.41, 5.74) is 6.76. The molecule has 0 spiro atoms. The summed E-state index contributed by atoms with van der Waals surface area (Å²) in [4.78, 5) is 16.0. The number of carbonyl (C=O) groups is 1. The molecule has 0 aliphatic rings. The van der Waals surface area contributed by atoms with Crippen molar-refractivity contribution >= 4 is 29.4 Å². The first-order chi connectivity index (χ1) is 8.60. The second-order valence-electron chi connectivity index (χ2n) is 3.90. The Morgan fingerprint density at radius 2 is 2.33 bits per heavy atom. The van der Waals surface area contributed by atoms with Crippen molar-refractivity contribution in [2.75, 3.05) is 18.3 Å². The van der Waals surface area contributed by atoms with E-state index in [0.29, 0.717) is 13.0 Å². The van der Waals surface area contributed by atoms with Gasteiger partial charge in [-0.2, -0.15) is 11.8 Å². The van der Waals surface area contributed by atoms with E-state index >= 15 is 0 Å². The number of rotatable bonds is 7. The fraction of sp³-hybridized carbons (Fsp3) is 0.636. The average Bonchev–Trinajstić information content (AvgIpc) is 2.73. The van der Waals surface area contributed by atoms with Crippen LogP contribution in [0.1, 0.15) is 12.1 Å². The van der Waals surface area contributed by atoms with Crippen molar-refractivity contribution in [2.45, 2.75) is 24.2 Å². The van der Waals surface area contributed by atoms with E-state index in [0.717, 1.165) is 16.6 Å². The molecule has 0 unspecified atom stereocenters. The summed E-state index contributed by atoms with van der Waals surface area (Å²) in [6.45, 7) is 0.468. The van der Waals surface area contributed by atoms with E-state index in [2.05, 4.69) is 10.3 Å². The van der Waals surface area contributed by atoms with Crippen LogP contribution in [0, 0.1) is 0 Å². The third-order valence-electron chi connectivity index (χ3n) is 2.64. The molecule has 0 fully saturated rings. The number of hydrogen-bond donors (Lipinski definition) is 2. The minimum atomic E-state index is -0.425. The van der Waals surface area contributed by atoms with Gasteiger partial charge in [-0.3, -0.25) is 4.79 Å². The zero-order valence-electron chi connectivity index (χ0n) is 11.0. The lowest BCUT2D eigenvalue weighted by molar-refractivity contribution is -0.122. The molecular formula is C11H20N4OS2. The predicted octanol–water partition coefficient (Wildman–Crippen LogP) is 0.839. The van der Waals surface area contributed by atoms with Gasteiger partial charge < -0.3 is 15.6 Å². The molecule has 5 nitrogen and oxygen atoms in total. The standard InChI is InChI=1S/C11H20N4OS2/c1-15-8(7-14-11(15)18-3)6-13-10(16)9(12)4-5-17-2/h7,9H,4-6,12H2,1-3H3,(H,13,16)/t9-/m0/s1. The van der Waals surface area contributed by atoms with Crippen LogP contribution in [0.25, 0.3) is 0 Å². The molecule has 3 N–H and O–H groups in total. The molecule has 0 saturated carbocycles. The van der Waals surface area contributed by atoms with E-state index in [9.17, 15) is 4.79 Å². The highest BCUT2D eigenvalue weighted by Gasteiger charge is 2.13. The second-order valence-corrected chi connectivity index (χ2v) is 5.66. The monoisotopic (exact) mass is 288 g/mol. The third kappa shape index (κ3) is 4.22.